The van der Waals surface area contributed by atoms with Gasteiger partial charge in [-0.2, -0.15) is 0 Å². The molecule has 0 spiro atoms. The molecule has 1 rings (SSSR count). The number of benzene rings is 1. The fourth-order valence-corrected chi connectivity index (χ4v) is 1.58. The van der Waals surface area contributed by atoms with Gasteiger partial charge < -0.3 is 5.73 Å². The van der Waals surface area contributed by atoms with E-state index in [1.165, 1.54) is 18.2 Å². The molecule has 15 heavy (non-hydrogen) atoms. The molecule has 8 heteroatoms. The van der Waals surface area contributed by atoms with Crippen molar-refractivity contribution in [2.75, 3.05) is 0 Å². The van der Waals surface area contributed by atoms with Crippen LogP contribution in [0.25, 0.3) is 0 Å². The highest BCUT2D eigenvalue weighted by atomic mass is 35.5. The zero-order chi connectivity index (χ0) is 11.4. The van der Waals surface area contributed by atoms with Gasteiger partial charge >= 0.3 is 6.03 Å². The summed E-state index contributed by atoms with van der Waals surface area (Å²) in [6.45, 7) is 0. The van der Waals surface area contributed by atoms with Crippen molar-refractivity contribution in [3.63, 3.8) is 0 Å². The van der Waals surface area contributed by atoms with Gasteiger partial charge in [0.25, 0.3) is 5.69 Å². The molecule has 0 aliphatic rings. The molecule has 2 amide bonds. The Morgan fingerprint density at radius 3 is 2.73 bits per heavy atom. The van der Waals surface area contributed by atoms with Gasteiger partial charge in [-0.25, -0.2) is 4.79 Å². The Hall–Kier alpha value is -1.47. The number of nitrogens with one attached hydrogen (secondary N) is 1. The van der Waals surface area contributed by atoms with Crippen molar-refractivity contribution in [3.05, 3.63) is 33.3 Å². The van der Waals surface area contributed by atoms with Crippen LogP contribution in [0.4, 0.5) is 10.5 Å². The molecular weight excluding hydrogens is 242 g/mol. The number of halogens is 1. The number of nitrogens with two attached hydrogens (primary N) is 1. The summed E-state index contributed by atoms with van der Waals surface area (Å²) in [5.41, 5.74) is 4.74. The highest BCUT2D eigenvalue weighted by Gasteiger charge is 2.10. The maximum Gasteiger partial charge on any atom is 0.322 e. The molecule has 0 unspecified atom stereocenters. The number of hydrogen-bond donors (Lipinski definition) is 2. The summed E-state index contributed by atoms with van der Waals surface area (Å²) in [6.07, 6.45) is 0. The second-order valence-corrected chi connectivity index (χ2v) is 3.70. The van der Waals surface area contributed by atoms with Crippen molar-refractivity contribution in [2.45, 2.75) is 4.90 Å². The van der Waals surface area contributed by atoms with Crippen LogP contribution in [0.2, 0.25) is 5.02 Å². The SMILES string of the molecule is NC(=O)NSc1ccc([N+](=O)[O-])cc1Cl. The fourth-order valence-electron chi connectivity index (χ4n) is 0.791. The molecule has 0 saturated heterocycles. The first-order chi connectivity index (χ1) is 7.00. The lowest BCUT2D eigenvalue weighted by Crippen LogP contribution is -2.22. The van der Waals surface area contributed by atoms with E-state index in [2.05, 4.69) is 4.72 Å². The van der Waals surface area contributed by atoms with Gasteiger partial charge in [-0.3, -0.25) is 14.8 Å². The van der Waals surface area contributed by atoms with E-state index in [4.69, 9.17) is 17.3 Å². The van der Waals surface area contributed by atoms with Crippen LogP contribution >= 0.6 is 23.5 Å². The maximum atomic E-state index is 10.4. The molecule has 0 fully saturated rings. The Kier molecular flexibility index (Phi) is 3.75. The number of hydrogen-bond acceptors (Lipinski definition) is 4. The van der Waals surface area contributed by atoms with Gasteiger partial charge in [0.15, 0.2) is 0 Å². The van der Waals surface area contributed by atoms with E-state index in [9.17, 15) is 14.9 Å². The van der Waals surface area contributed by atoms with Crippen LogP contribution in [0, 0.1) is 10.1 Å². The van der Waals surface area contributed by atoms with Crippen molar-refractivity contribution in [1.29, 1.82) is 0 Å². The standard InChI is InChI=1S/C7H6ClN3O3S/c8-5-3-4(11(13)14)1-2-6(5)15-10-7(9)12/h1-3H,(H3,9,10,12). The van der Waals surface area contributed by atoms with Crippen LogP contribution in [-0.4, -0.2) is 11.0 Å². The topological polar surface area (TPSA) is 98.3 Å². The first-order valence-corrected chi connectivity index (χ1v) is 4.86. The Labute approximate surface area is 94.1 Å². The summed E-state index contributed by atoms with van der Waals surface area (Å²) < 4.78 is 2.25. The van der Waals surface area contributed by atoms with Gasteiger partial charge in [0, 0.05) is 17.0 Å². The molecule has 1 aromatic rings. The van der Waals surface area contributed by atoms with Crippen LogP contribution in [-0.2, 0) is 0 Å². The normalized spacial score (nSPS) is 9.67. The summed E-state index contributed by atoms with van der Waals surface area (Å²) in [6, 6.07) is 3.21. The number of primary amides is 1. The largest absolute Gasteiger partial charge is 0.351 e. The highest BCUT2D eigenvalue weighted by Crippen LogP contribution is 2.28. The predicted octanol–water partition coefficient (Wildman–Crippen LogP) is 1.92. The number of nitro groups is 1. The molecule has 0 saturated carbocycles. The number of urea groups is 1. The van der Waals surface area contributed by atoms with Gasteiger partial charge in [-0.15, -0.1) is 0 Å². The molecule has 0 aromatic heterocycles. The third-order valence-corrected chi connectivity index (χ3v) is 2.69. The van der Waals surface area contributed by atoms with Gasteiger partial charge in [0.1, 0.15) is 0 Å². The van der Waals surface area contributed by atoms with Crippen LogP contribution < -0.4 is 10.5 Å². The Morgan fingerprint density at radius 1 is 1.60 bits per heavy atom. The van der Waals surface area contributed by atoms with Gasteiger partial charge in [-0.1, -0.05) is 11.6 Å². The van der Waals surface area contributed by atoms with E-state index in [-0.39, 0.29) is 10.7 Å². The van der Waals surface area contributed by atoms with Crippen LogP contribution in [0.1, 0.15) is 0 Å². The third kappa shape index (κ3) is 3.30. The molecule has 6 nitrogen and oxygen atoms in total. The van der Waals surface area contributed by atoms with Crippen molar-refractivity contribution >= 4 is 35.3 Å². The average Bonchev–Trinajstić information content (AvgIpc) is 2.15. The third-order valence-electron chi connectivity index (χ3n) is 1.39. The number of nitro benzene ring substituents is 1. The van der Waals surface area contributed by atoms with Gasteiger partial charge in [-0.05, 0) is 18.0 Å². The molecule has 80 valence electrons. The highest BCUT2D eigenvalue weighted by molar-refractivity contribution is 7.98. The second kappa shape index (κ2) is 4.85. The Bertz CT molecular complexity index is 412. The quantitative estimate of drug-likeness (QED) is 0.484. The average molecular weight is 248 g/mol. The fraction of sp³-hybridized carbons (Fsp3) is 0. The zero-order valence-electron chi connectivity index (χ0n) is 7.27. The summed E-state index contributed by atoms with van der Waals surface area (Å²) in [4.78, 5) is 20.7. The number of non-ortho nitro benzene ring substituents is 1. The predicted molar refractivity (Wildman–Crippen MR) is 56.7 cm³/mol. The summed E-state index contributed by atoms with van der Waals surface area (Å²) in [5, 5.41) is 10.6. The van der Waals surface area contributed by atoms with Crippen molar-refractivity contribution in [1.82, 2.24) is 4.72 Å². The zero-order valence-corrected chi connectivity index (χ0v) is 8.84. The van der Waals surface area contributed by atoms with E-state index in [0.717, 1.165) is 11.9 Å². The molecular formula is C7H6ClN3O3S. The molecule has 0 bridgehead atoms. The first-order valence-electron chi connectivity index (χ1n) is 3.67. The molecule has 0 heterocycles. The second-order valence-electron chi connectivity index (χ2n) is 2.44. The number of amides is 2. The minimum absolute atomic E-state index is 0.108. The van der Waals surface area contributed by atoms with Gasteiger partial charge in [0.05, 0.1) is 9.95 Å². The van der Waals surface area contributed by atoms with Crippen molar-refractivity contribution < 1.29 is 9.72 Å². The number of carbonyl (C=O) groups is 1. The number of rotatable bonds is 3. The molecule has 3 N–H and O–H groups in total. The lowest BCUT2D eigenvalue weighted by atomic mass is 10.3. The van der Waals surface area contributed by atoms with E-state index >= 15 is 0 Å². The van der Waals surface area contributed by atoms with E-state index in [0.29, 0.717) is 4.90 Å². The summed E-state index contributed by atoms with van der Waals surface area (Å²) in [5.74, 6) is 0. The Morgan fingerprint density at radius 2 is 2.27 bits per heavy atom. The minimum Gasteiger partial charge on any atom is -0.351 e. The summed E-state index contributed by atoms with van der Waals surface area (Å²) >= 11 is 6.64. The monoisotopic (exact) mass is 247 g/mol. The maximum absolute atomic E-state index is 10.4. The van der Waals surface area contributed by atoms with Crippen molar-refractivity contribution in [3.8, 4) is 0 Å². The molecule has 0 aliphatic carbocycles. The molecule has 1 aromatic carbocycles. The van der Waals surface area contributed by atoms with Crippen LogP contribution in [0.3, 0.4) is 0 Å². The van der Waals surface area contributed by atoms with E-state index < -0.39 is 11.0 Å². The first kappa shape index (κ1) is 11.6. The minimum atomic E-state index is -0.714. The molecule has 0 radical (unpaired) electrons. The summed E-state index contributed by atoms with van der Waals surface area (Å²) in [7, 11) is 0. The number of carbonyl (C=O) groups excluding carboxylic acids is 1. The van der Waals surface area contributed by atoms with Crippen molar-refractivity contribution in [2.24, 2.45) is 5.73 Å². The lowest BCUT2D eigenvalue weighted by Gasteiger charge is -2.02. The molecule has 0 atom stereocenters. The lowest BCUT2D eigenvalue weighted by molar-refractivity contribution is -0.384. The van der Waals surface area contributed by atoms with Crippen LogP contribution in [0.5, 0.6) is 0 Å². The smallest absolute Gasteiger partial charge is 0.322 e. The van der Waals surface area contributed by atoms with E-state index in [1.54, 1.807) is 0 Å². The van der Waals surface area contributed by atoms with Gasteiger partial charge in [0.2, 0.25) is 0 Å². The van der Waals surface area contributed by atoms with E-state index in [1.807, 2.05) is 0 Å². The molecule has 0 aliphatic heterocycles. The van der Waals surface area contributed by atoms with Crippen LogP contribution in [0.15, 0.2) is 23.1 Å². The number of nitrogens with zero attached hydrogens (tertiary/aromatic N) is 1. The Balaban J connectivity index is 2.83.